The van der Waals surface area contributed by atoms with E-state index in [0.717, 1.165) is 16.3 Å². The number of nitrogens with one attached hydrogen (secondary N) is 1. The van der Waals surface area contributed by atoms with Gasteiger partial charge in [0.2, 0.25) is 5.91 Å². The maximum atomic E-state index is 11.5. The van der Waals surface area contributed by atoms with Crippen LogP contribution in [0, 0.1) is 6.92 Å². The number of amides is 1. The summed E-state index contributed by atoms with van der Waals surface area (Å²) in [7, 11) is 0. The first-order valence-corrected chi connectivity index (χ1v) is 9.43. The predicted octanol–water partition coefficient (Wildman–Crippen LogP) is 4.20. The third kappa shape index (κ3) is 3.97. The summed E-state index contributed by atoms with van der Waals surface area (Å²) in [6.07, 6.45) is 0.00618. The number of hydrogen-bond donors (Lipinski definition) is 2. The largest absolute Gasteiger partial charge is 0.489 e. The van der Waals surface area contributed by atoms with Crippen LogP contribution >= 0.6 is 22.7 Å². The van der Waals surface area contributed by atoms with Crippen LogP contribution in [0.15, 0.2) is 29.1 Å². The number of thiazole rings is 2. The van der Waals surface area contributed by atoms with Gasteiger partial charge in [-0.2, -0.15) is 0 Å². The summed E-state index contributed by atoms with van der Waals surface area (Å²) in [5.41, 5.74) is 10.1. The SMILES string of the molecule is Cc1ncsc1-c1csc(Nc2cc(C(N)=O)ccc2OC(C)C)n1. The predicted molar refractivity (Wildman–Crippen MR) is 102 cm³/mol. The third-order valence-corrected chi connectivity index (χ3v) is 5.06. The van der Waals surface area contributed by atoms with E-state index in [4.69, 9.17) is 10.5 Å². The van der Waals surface area contributed by atoms with Gasteiger partial charge in [0.05, 0.1) is 33.6 Å². The van der Waals surface area contributed by atoms with Crippen molar-refractivity contribution in [3.63, 3.8) is 0 Å². The molecule has 0 unspecified atom stereocenters. The Hall–Kier alpha value is -2.45. The zero-order valence-corrected chi connectivity index (χ0v) is 15.7. The van der Waals surface area contributed by atoms with Gasteiger partial charge < -0.3 is 15.8 Å². The van der Waals surface area contributed by atoms with Crippen LogP contribution in [0.1, 0.15) is 29.9 Å². The van der Waals surface area contributed by atoms with Crippen molar-refractivity contribution in [3.05, 3.63) is 40.3 Å². The lowest BCUT2D eigenvalue weighted by Crippen LogP contribution is -2.12. The molecule has 0 radical (unpaired) electrons. The summed E-state index contributed by atoms with van der Waals surface area (Å²) in [4.78, 5) is 21.4. The minimum Gasteiger partial charge on any atom is -0.489 e. The Morgan fingerprint density at radius 2 is 2.12 bits per heavy atom. The number of carbonyl (C=O) groups excluding carboxylic acids is 1. The van der Waals surface area contributed by atoms with Crippen molar-refractivity contribution in [3.8, 4) is 16.3 Å². The molecule has 0 aliphatic heterocycles. The molecule has 0 aliphatic carbocycles. The molecule has 3 rings (SSSR count). The normalized spacial score (nSPS) is 10.9. The van der Waals surface area contributed by atoms with Gasteiger partial charge in [-0.15, -0.1) is 22.7 Å². The fourth-order valence-corrected chi connectivity index (χ4v) is 3.79. The average Bonchev–Trinajstić information content (AvgIpc) is 3.17. The molecule has 0 spiro atoms. The first-order valence-electron chi connectivity index (χ1n) is 7.67. The molecule has 3 aromatic rings. The standard InChI is InChI=1S/C17H18N4O2S2/c1-9(2)23-14-5-4-11(16(18)22)6-12(14)20-17-21-13(7-24-17)15-10(3)19-8-25-15/h4-9H,1-3H3,(H2,18,22)(H,20,21). The number of nitrogens with zero attached hydrogens (tertiary/aromatic N) is 2. The molecule has 0 fully saturated rings. The highest BCUT2D eigenvalue weighted by atomic mass is 32.1. The molecule has 0 atom stereocenters. The molecule has 0 bridgehead atoms. The molecular weight excluding hydrogens is 356 g/mol. The van der Waals surface area contributed by atoms with E-state index < -0.39 is 5.91 Å². The van der Waals surface area contributed by atoms with Crippen molar-refractivity contribution in [2.24, 2.45) is 5.73 Å². The summed E-state index contributed by atoms with van der Waals surface area (Å²) in [5, 5.41) is 5.92. The van der Waals surface area contributed by atoms with Gasteiger partial charge in [-0.1, -0.05) is 0 Å². The molecule has 1 aromatic carbocycles. The maximum Gasteiger partial charge on any atom is 0.248 e. The molecule has 0 saturated carbocycles. The highest BCUT2D eigenvalue weighted by Gasteiger charge is 2.13. The summed E-state index contributed by atoms with van der Waals surface area (Å²) in [6, 6.07) is 5.07. The molecule has 6 nitrogen and oxygen atoms in total. The van der Waals surface area contributed by atoms with Gasteiger partial charge in [0, 0.05) is 10.9 Å². The highest BCUT2D eigenvalue weighted by molar-refractivity contribution is 7.15. The summed E-state index contributed by atoms with van der Waals surface area (Å²) < 4.78 is 5.80. The van der Waals surface area contributed by atoms with Crippen LogP contribution in [0.5, 0.6) is 5.75 Å². The number of benzene rings is 1. The number of nitrogens with two attached hydrogens (primary N) is 1. The van der Waals surface area contributed by atoms with Gasteiger partial charge in [0.25, 0.3) is 0 Å². The van der Waals surface area contributed by atoms with Crippen molar-refractivity contribution in [2.75, 3.05) is 5.32 Å². The molecule has 0 aliphatic rings. The van der Waals surface area contributed by atoms with Crippen molar-refractivity contribution in [1.29, 1.82) is 0 Å². The number of anilines is 2. The second-order valence-corrected chi connectivity index (χ2v) is 7.38. The zero-order valence-electron chi connectivity index (χ0n) is 14.1. The van der Waals surface area contributed by atoms with Crippen LogP contribution in [-0.2, 0) is 0 Å². The number of ether oxygens (including phenoxy) is 1. The second kappa shape index (κ2) is 7.20. The zero-order chi connectivity index (χ0) is 18.0. The lowest BCUT2D eigenvalue weighted by Gasteiger charge is -2.15. The first-order chi connectivity index (χ1) is 11.9. The lowest BCUT2D eigenvalue weighted by atomic mass is 10.1. The Bertz CT molecular complexity index is 902. The number of hydrogen-bond acceptors (Lipinski definition) is 7. The summed E-state index contributed by atoms with van der Waals surface area (Å²) in [5.74, 6) is 0.157. The Kier molecular flexibility index (Phi) is 5.00. The lowest BCUT2D eigenvalue weighted by molar-refractivity contribution is 0.100. The monoisotopic (exact) mass is 374 g/mol. The second-order valence-electron chi connectivity index (χ2n) is 5.67. The average molecular weight is 374 g/mol. The van der Waals surface area contributed by atoms with E-state index in [1.165, 1.54) is 11.3 Å². The van der Waals surface area contributed by atoms with E-state index in [1.54, 1.807) is 29.5 Å². The van der Waals surface area contributed by atoms with Crippen LogP contribution in [-0.4, -0.2) is 22.0 Å². The number of aromatic nitrogens is 2. The van der Waals surface area contributed by atoms with Crippen molar-refractivity contribution in [2.45, 2.75) is 26.9 Å². The Morgan fingerprint density at radius 1 is 1.32 bits per heavy atom. The smallest absolute Gasteiger partial charge is 0.248 e. The summed E-state index contributed by atoms with van der Waals surface area (Å²) >= 11 is 3.04. The van der Waals surface area contributed by atoms with Crippen LogP contribution < -0.4 is 15.8 Å². The minimum absolute atomic E-state index is 0.00618. The quantitative estimate of drug-likeness (QED) is 0.675. The van der Waals surface area contributed by atoms with Gasteiger partial charge in [-0.25, -0.2) is 9.97 Å². The van der Waals surface area contributed by atoms with Crippen molar-refractivity contribution >= 4 is 39.4 Å². The van der Waals surface area contributed by atoms with Gasteiger partial charge in [0.15, 0.2) is 5.13 Å². The molecule has 2 heterocycles. The number of primary amides is 1. The molecule has 130 valence electrons. The number of aryl methyl sites for hydroxylation is 1. The number of rotatable bonds is 6. The van der Waals surface area contributed by atoms with Gasteiger partial charge in [-0.3, -0.25) is 4.79 Å². The van der Waals surface area contributed by atoms with Crippen LogP contribution in [0.3, 0.4) is 0 Å². The van der Waals surface area contributed by atoms with Crippen molar-refractivity contribution in [1.82, 2.24) is 9.97 Å². The third-order valence-electron chi connectivity index (χ3n) is 3.35. The van der Waals surface area contributed by atoms with Crippen LogP contribution in [0.2, 0.25) is 0 Å². The number of carbonyl (C=O) groups is 1. The van der Waals surface area contributed by atoms with Gasteiger partial charge >= 0.3 is 0 Å². The molecule has 8 heteroatoms. The highest BCUT2D eigenvalue weighted by Crippen LogP contribution is 2.34. The fourth-order valence-electron chi connectivity index (χ4n) is 2.24. The van der Waals surface area contributed by atoms with Crippen molar-refractivity contribution < 1.29 is 9.53 Å². The molecule has 25 heavy (non-hydrogen) atoms. The Labute approximate surface area is 153 Å². The van der Waals surface area contributed by atoms with E-state index in [-0.39, 0.29) is 6.10 Å². The Morgan fingerprint density at radius 3 is 2.76 bits per heavy atom. The van der Waals surface area contributed by atoms with Crippen LogP contribution in [0.25, 0.3) is 10.6 Å². The first kappa shape index (κ1) is 17.4. The molecule has 1 amide bonds. The van der Waals surface area contributed by atoms with E-state index in [9.17, 15) is 4.79 Å². The maximum absolute atomic E-state index is 11.5. The topological polar surface area (TPSA) is 90.1 Å². The van der Waals surface area contributed by atoms with E-state index in [0.29, 0.717) is 22.1 Å². The minimum atomic E-state index is -0.487. The van der Waals surface area contributed by atoms with E-state index >= 15 is 0 Å². The summed E-state index contributed by atoms with van der Waals surface area (Å²) in [6.45, 7) is 5.85. The van der Waals surface area contributed by atoms with Gasteiger partial charge in [-0.05, 0) is 39.0 Å². The molecule has 0 saturated heterocycles. The van der Waals surface area contributed by atoms with E-state index in [2.05, 4.69) is 15.3 Å². The molecule has 3 N–H and O–H groups in total. The van der Waals surface area contributed by atoms with Gasteiger partial charge in [0.1, 0.15) is 5.75 Å². The molecular formula is C17H18N4O2S2. The fraction of sp³-hybridized carbons (Fsp3) is 0.235. The Balaban J connectivity index is 1.91. The molecule has 2 aromatic heterocycles. The van der Waals surface area contributed by atoms with Crippen LogP contribution in [0.4, 0.5) is 10.8 Å². The van der Waals surface area contributed by atoms with E-state index in [1.807, 2.05) is 31.7 Å².